The summed E-state index contributed by atoms with van der Waals surface area (Å²) in [7, 11) is 2.89. The first-order chi connectivity index (χ1) is 15.9. The monoisotopic (exact) mass is 452 g/mol. The molecule has 0 aliphatic rings. The Kier molecular flexibility index (Phi) is 5.94. The van der Waals surface area contributed by atoms with Crippen molar-refractivity contribution in [3.8, 4) is 23.7 Å². The second-order valence-electron chi connectivity index (χ2n) is 6.69. The van der Waals surface area contributed by atoms with Gasteiger partial charge in [0, 0.05) is 5.39 Å². The van der Waals surface area contributed by atoms with Crippen molar-refractivity contribution >= 4 is 22.8 Å². The van der Waals surface area contributed by atoms with E-state index in [9.17, 15) is 9.59 Å². The van der Waals surface area contributed by atoms with Crippen molar-refractivity contribution in [2.75, 3.05) is 20.8 Å². The summed E-state index contributed by atoms with van der Waals surface area (Å²) in [5.41, 5.74) is 0.856. The second kappa shape index (κ2) is 8.99. The van der Waals surface area contributed by atoms with Crippen LogP contribution in [0, 0.1) is 6.92 Å². The molecule has 33 heavy (non-hydrogen) atoms. The largest absolute Gasteiger partial charge is 0.481 e. The average Bonchev–Trinajstić information content (AvgIpc) is 3.41. The number of nitrogens with zero attached hydrogens (tertiary/aromatic N) is 4. The number of hydrogen-bond donors (Lipinski definition) is 0. The zero-order valence-electron chi connectivity index (χ0n) is 18.3. The van der Waals surface area contributed by atoms with Gasteiger partial charge in [-0.25, -0.2) is 9.78 Å². The van der Waals surface area contributed by atoms with Crippen LogP contribution in [0.15, 0.2) is 41.2 Å². The molecule has 4 rings (SSSR count). The molecule has 3 aromatic heterocycles. The van der Waals surface area contributed by atoms with Crippen LogP contribution in [-0.4, -0.2) is 52.2 Å². The van der Waals surface area contributed by atoms with Gasteiger partial charge in [-0.2, -0.15) is 9.97 Å². The smallest absolute Gasteiger partial charge is 0.342 e. The van der Waals surface area contributed by atoms with Crippen LogP contribution in [0.5, 0.6) is 23.7 Å². The van der Waals surface area contributed by atoms with Crippen molar-refractivity contribution in [2.24, 2.45) is 0 Å². The molecule has 0 fully saturated rings. The SMILES string of the molecule is CCOC(=O)c1c(C)oc2cccc(C(=O)n3cnc(Oc4nc(OC)cc(OC)n4)c3)c12. The van der Waals surface area contributed by atoms with Gasteiger partial charge in [-0.1, -0.05) is 6.07 Å². The molecule has 0 amide bonds. The molecule has 170 valence electrons. The van der Waals surface area contributed by atoms with Crippen LogP contribution in [0.4, 0.5) is 0 Å². The van der Waals surface area contributed by atoms with E-state index in [1.165, 1.54) is 37.4 Å². The third-order valence-electron chi connectivity index (χ3n) is 4.67. The van der Waals surface area contributed by atoms with Crippen LogP contribution in [-0.2, 0) is 4.74 Å². The predicted octanol–water partition coefficient (Wildman–Crippen LogP) is 3.40. The molecular weight excluding hydrogens is 432 g/mol. The summed E-state index contributed by atoms with van der Waals surface area (Å²) in [6.45, 7) is 3.54. The number of rotatable bonds is 7. The fraction of sp³-hybridized carbons (Fsp3) is 0.227. The number of esters is 1. The van der Waals surface area contributed by atoms with Gasteiger partial charge in [0.05, 0.1) is 38.7 Å². The van der Waals surface area contributed by atoms with Crippen LogP contribution in [0.1, 0.15) is 33.4 Å². The van der Waals surface area contributed by atoms with Gasteiger partial charge in [0.1, 0.15) is 23.2 Å². The number of methoxy groups -OCH3 is 2. The van der Waals surface area contributed by atoms with Gasteiger partial charge >= 0.3 is 12.0 Å². The maximum Gasteiger partial charge on any atom is 0.342 e. The minimum Gasteiger partial charge on any atom is -0.481 e. The molecule has 0 aliphatic heterocycles. The number of aromatic nitrogens is 4. The molecule has 1 aromatic carbocycles. The highest BCUT2D eigenvalue weighted by Gasteiger charge is 2.25. The number of carbonyl (C=O) groups excluding carboxylic acids is 2. The molecule has 0 aliphatic carbocycles. The molecule has 11 nitrogen and oxygen atoms in total. The minimum absolute atomic E-state index is 0.0685. The molecule has 0 saturated carbocycles. The van der Waals surface area contributed by atoms with Gasteiger partial charge < -0.3 is 23.4 Å². The highest BCUT2D eigenvalue weighted by atomic mass is 16.5. The number of aryl methyl sites for hydroxylation is 1. The normalized spacial score (nSPS) is 10.8. The Balaban J connectivity index is 1.67. The number of furan rings is 1. The lowest BCUT2D eigenvalue weighted by molar-refractivity contribution is 0.0526. The lowest BCUT2D eigenvalue weighted by Gasteiger charge is -2.06. The Hall–Kier alpha value is -4.41. The predicted molar refractivity (Wildman–Crippen MR) is 114 cm³/mol. The summed E-state index contributed by atoms with van der Waals surface area (Å²) in [5, 5.41) is 0.371. The summed E-state index contributed by atoms with van der Waals surface area (Å²) in [4.78, 5) is 38.0. The fourth-order valence-corrected chi connectivity index (χ4v) is 3.23. The number of imidazole rings is 1. The molecule has 4 aromatic rings. The van der Waals surface area contributed by atoms with E-state index >= 15 is 0 Å². The number of benzene rings is 1. The molecule has 0 unspecified atom stereocenters. The number of fused-ring (bicyclic) bond motifs is 1. The number of carbonyl (C=O) groups is 2. The highest BCUT2D eigenvalue weighted by Crippen LogP contribution is 2.30. The Morgan fingerprint density at radius 3 is 2.48 bits per heavy atom. The van der Waals surface area contributed by atoms with E-state index in [4.69, 9.17) is 23.4 Å². The van der Waals surface area contributed by atoms with Crippen molar-refractivity contribution in [1.82, 2.24) is 19.5 Å². The molecule has 0 N–H and O–H groups in total. The first kappa shape index (κ1) is 21.8. The third-order valence-corrected chi connectivity index (χ3v) is 4.67. The minimum atomic E-state index is -0.562. The van der Waals surface area contributed by atoms with E-state index in [0.717, 1.165) is 0 Å². The van der Waals surface area contributed by atoms with Crippen LogP contribution in [0.2, 0.25) is 0 Å². The van der Waals surface area contributed by atoms with Gasteiger partial charge in [0.15, 0.2) is 0 Å². The zero-order valence-corrected chi connectivity index (χ0v) is 18.3. The van der Waals surface area contributed by atoms with E-state index in [1.54, 1.807) is 32.0 Å². The fourth-order valence-electron chi connectivity index (χ4n) is 3.23. The van der Waals surface area contributed by atoms with E-state index in [-0.39, 0.29) is 41.4 Å². The number of ether oxygens (including phenoxy) is 4. The Morgan fingerprint density at radius 2 is 1.82 bits per heavy atom. The van der Waals surface area contributed by atoms with E-state index < -0.39 is 11.9 Å². The van der Waals surface area contributed by atoms with E-state index in [0.29, 0.717) is 16.7 Å². The van der Waals surface area contributed by atoms with Gasteiger partial charge in [-0.15, -0.1) is 0 Å². The Labute approximate surface area is 187 Å². The molecule has 0 atom stereocenters. The summed E-state index contributed by atoms with van der Waals surface area (Å²) < 4.78 is 27.8. The van der Waals surface area contributed by atoms with Crippen molar-refractivity contribution in [2.45, 2.75) is 13.8 Å². The second-order valence-corrected chi connectivity index (χ2v) is 6.69. The summed E-state index contributed by atoms with van der Waals surface area (Å²) >= 11 is 0. The van der Waals surface area contributed by atoms with Crippen molar-refractivity contribution in [3.05, 3.63) is 53.7 Å². The molecule has 0 radical (unpaired) electrons. The molecule has 0 spiro atoms. The van der Waals surface area contributed by atoms with Crippen molar-refractivity contribution < 1.29 is 33.0 Å². The third kappa shape index (κ3) is 4.20. The van der Waals surface area contributed by atoms with E-state index in [1.807, 2.05) is 0 Å². The maximum atomic E-state index is 13.3. The quantitative estimate of drug-likeness (QED) is 0.385. The van der Waals surface area contributed by atoms with Crippen LogP contribution >= 0.6 is 0 Å². The summed E-state index contributed by atoms with van der Waals surface area (Å²) in [5.74, 6) is -0.102. The van der Waals surface area contributed by atoms with Gasteiger partial charge in [0.25, 0.3) is 5.91 Å². The Bertz CT molecular complexity index is 1320. The topological polar surface area (TPSA) is 128 Å². The summed E-state index contributed by atoms with van der Waals surface area (Å²) in [6, 6.07) is 6.36. The highest BCUT2D eigenvalue weighted by molar-refractivity contribution is 6.14. The van der Waals surface area contributed by atoms with Crippen molar-refractivity contribution in [1.29, 1.82) is 0 Å². The standard InChI is InChI=1S/C22H20N4O7/c1-5-31-21(28)18-12(2)32-14-8-6-7-13(19(14)18)20(27)26-10-17(23-11-26)33-22-24-15(29-3)9-16(25-22)30-4/h6-11H,5H2,1-4H3. The maximum absolute atomic E-state index is 13.3. The average molecular weight is 452 g/mol. The molecular formula is C22H20N4O7. The number of hydrogen-bond acceptors (Lipinski definition) is 10. The molecule has 0 saturated heterocycles. The molecule has 3 heterocycles. The van der Waals surface area contributed by atoms with Crippen LogP contribution in [0.3, 0.4) is 0 Å². The first-order valence-electron chi connectivity index (χ1n) is 9.88. The first-order valence-corrected chi connectivity index (χ1v) is 9.88. The zero-order chi connectivity index (χ0) is 23.5. The lowest BCUT2D eigenvalue weighted by Crippen LogP contribution is -2.12. The van der Waals surface area contributed by atoms with E-state index in [2.05, 4.69) is 15.0 Å². The van der Waals surface area contributed by atoms with Crippen molar-refractivity contribution in [3.63, 3.8) is 0 Å². The van der Waals surface area contributed by atoms with Gasteiger partial charge in [0.2, 0.25) is 17.6 Å². The Morgan fingerprint density at radius 1 is 1.09 bits per heavy atom. The van der Waals surface area contributed by atoms with Crippen LogP contribution < -0.4 is 14.2 Å². The molecule has 0 bridgehead atoms. The lowest BCUT2D eigenvalue weighted by atomic mass is 10.0. The van der Waals surface area contributed by atoms with Gasteiger partial charge in [-0.3, -0.25) is 9.36 Å². The molecule has 11 heteroatoms. The van der Waals surface area contributed by atoms with Crippen LogP contribution in [0.25, 0.3) is 11.0 Å². The summed E-state index contributed by atoms with van der Waals surface area (Å²) in [6.07, 6.45) is 2.65. The van der Waals surface area contributed by atoms with Gasteiger partial charge in [-0.05, 0) is 26.0 Å².